The summed E-state index contributed by atoms with van der Waals surface area (Å²) in [5.74, 6) is 0.0288. The lowest BCUT2D eigenvalue weighted by Crippen LogP contribution is -2.48. The second-order valence-corrected chi connectivity index (χ2v) is 8.21. The van der Waals surface area contributed by atoms with Crippen molar-refractivity contribution in [3.63, 3.8) is 0 Å². The molecule has 2 aromatic heterocycles. The van der Waals surface area contributed by atoms with Crippen LogP contribution in [0.4, 0.5) is 5.69 Å². The quantitative estimate of drug-likeness (QED) is 0.463. The minimum atomic E-state index is 0.0288. The summed E-state index contributed by atoms with van der Waals surface area (Å²) in [6, 6.07) is 22.3. The first kappa shape index (κ1) is 20.9. The van der Waals surface area contributed by atoms with E-state index in [2.05, 4.69) is 41.1 Å². The molecular formula is C27H27N5O. The Labute approximate surface area is 194 Å². The summed E-state index contributed by atoms with van der Waals surface area (Å²) in [4.78, 5) is 22.0. The van der Waals surface area contributed by atoms with Crippen molar-refractivity contribution in [3.05, 3.63) is 96.4 Å². The Morgan fingerprint density at radius 1 is 0.848 bits per heavy atom. The summed E-state index contributed by atoms with van der Waals surface area (Å²) in [7, 11) is 0. The number of piperazine rings is 1. The van der Waals surface area contributed by atoms with E-state index < -0.39 is 0 Å². The number of anilines is 1. The van der Waals surface area contributed by atoms with Gasteiger partial charge in [-0.15, -0.1) is 0 Å². The van der Waals surface area contributed by atoms with Gasteiger partial charge >= 0.3 is 0 Å². The van der Waals surface area contributed by atoms with Crippen molar-refractivity contribution in [3.8, 4) is 16.9 Å². The highest BCUT2D eigenvalue weighted by Gasteiger charge is 2.26. The van der Waals surface area contributed by atoms with Crippen LogP contribution in [-0.4, -0.2) is 51.8 Å². The third kappa shape index (κ3) is 4.37. The van der Waals surface area contributed by atoms with E-state index >= 15 is 0 Å². The van der Waals surface area contributed by atoms with E-state index in [9.17, 15) is 4.79 Å². The maximum Gasteiger partial charge on any atom is 0.257 e. The number of benzene rings is 2. The Bertz CT molecular complexity index is 1210. The topological polar surface area (TPSA) is 54.3 Å². The molecule has 1 fully saturated rings. The predicted molar refractivity (Wildman–Crippen MR) is 131 cm³/mol. The number of carbonyl (C=O) groups is 1. The zero-order valence-corrected chi connectivity index (χ0v) is 18.8. The van der Waals surface area contributed by atoms with Crippen LogP contribution in [0.25, 0.3) is 16.9 Å². The number of rotatable bonds is 5. The molecule has 33 heavy (non-hydrogen) atoms. The molecular weight excluding hydrogens is 410 g/mol. The summed E-state index contributed by atoms with van der Waals surface area (Å²) < 4.78 is 1.81. The van der Waals surface area contributed by atoms with Crippen LogP contribution in [0.1, 0.15) is 22.8 Å². The molecule has 3 heterocycles. The standard InChI is InChI=1S/C27H27N5O/c1-2-21-8-10-22(11-9-21)26-25(20-32(29-26)24-6-4-3-5-7-24)27(33)31-18-16-30(17-19-31)23-12-14-28-15-13-23/h3-15,20H,2,16-19H2,1H3. The number of carbonyl (C=O) groups excluding carboxylic acids is 1. The smallest absolute Gasteiger partial charge is 0.257 e. The van der Waals surface area contributed by atoms with Crippen LogP contribution >= 0.6 is 0 Å². The third-order valence-corrected chi connectivity index (χ3v) is 6.20. The summed E-state index contributed by atoms with van der Waals surface area (Å²) >= 11 is 0. The molecule has 6 nitrogen and oxygen atoms in total. The summed E-state index contributed by atoms with van der Waals surface area (Å²) in [5.41, 5.74) is 5.67. The van der Waals surface area contributed by atoms with Gasteiger partial charge in [-0.25, -0.2) is 4.68 Å². The number of aromatic nitrogens is 3. The maximum absolute atomic E-state index is 13.6. The first-order valence-corrected chi connectivity index (χ1v) is 11.4. The number of amides is 1. The van der Waals surface area contributed by atoms with Crippen molar-refractivity contribution in [2.75, 3.05) is 31.1 Å². The monoisotopic (exact) mass is 437 g/mol. The molecule has 0 unspecified atom stereocenters. The van der Waals surface area contributed by atoms with Gasteiger partial charge in [0, 0.05) is 56.0 Å². The molecule has 0 atom stereocenters. The predicted octanol–water partition coefficient (Wildman–Crippen LogP) is 4.46. The van der Waals surface area contributed by atoms with E-state index in [1.54, 1.807) is 12.4 Å². The van der Waals surface area contributed by atoms with Crippen molar-refractivity contribution >= 4 is 11.6 Å². The van der Waals surface area contributed by atoms with Crippen molar-refractivity contribution in [2.24, 2.45) is 0 Å². The summed E-state index contributed by atoms with van der Waals surface area (Å²) in [6.45, 7) is 5.07. The van der Waals surface area contributed by atoms with Crippen LogP contribution in [0.2, 0.25) is 0 Å². The van der Waals surface area contributed by atoms with Crippen LogP contribution < -0.4 is 4.90 Å². The fourth-order valence-corrected chi connectivity index (χ4v) is 4.25. The molecule has 1 saturated heterocycles. The minimum Gasteiger partial charge on any atom is -0.368 e. The molecule has 0 N–H and O–H groups in total. The van der Waals surface area contributed by atoms with E-state index in [1.165, 1.54) is 5.56 Å². The zero-order chi connectivity index (χ0) is 22.6. The second-order valence-electron chi connectivity index (χ2n) is 8.21. The number of para-hydroxylation sites is 1. The molecule has 0 radical (unpaired) electrons. The van der Waals surface area contributed by atoms with Gasteiger partial charge in [0.05, 0.1) is 11.3 Å². The first-order chi connectivity index (χ1) is 16.2. The highest BCUT2D eigenvalue weighted by molar-refractivity contribution is 6.00. The Morgan fingerprint density at radius 2 is 1.55 bits per heavy atom. The molecule has 1 aliphatic rings. The van der Waals surface area contributed by atoms with E-state index in [1.807, 2.05) is 58.2 Å². The number of aryl methyl sites for hydroxylation is 1. The van der Waals surface area contributed by atoms with Gasteiger partial charge in [-0.2, -0.15) is 5.10 Å². The normalized spacial score (nSPS) is 13.8. The molecule has 5 rings (SSSR count). The second kappa shape index (κ2) is 9.28. The largest absolute Gasteiger partial charge is 0.368 e. The molecule has 166 valence electrons. The fraction of sp³-hybridized carbons (Fsp3) is 0.222. The Kier molecular flexibility index (Phi) is 5.89. The maximum atomic E-state index is 13.6. The highest BCUT2D eigenvalue weighted by atomic mass is 16.2. The van der Waals surface area contributed by atoms with Crippen molar-refractivity contribution in [1.29, 1.82) is 0 Å². The van der Waals surface area contributed by atoms with Gasteiger partial charge in [-0.05, 0) is 36.2 Å². The highest BCUT2D eigenvalue weighted by Crippen LogP contribution is 2.26. The van der Waals surface area contributed by atoms with Gasteiger partial charge in [-0.1, -0.05) is 49.4 Å². The van der Waals surface area contributed by atoms with Crippen molar-refractivity contribution < 1.29 is 4.79 Å². The molecule has 1 amide bonds. The minimum absolute atomic E-state index is 0.0288. The zero-order valence-electron chi connectivity index (χ0n) is 18.8. The number of hydrogen-bond acceptors (Lipinski definition) is 4. The van der Waals surface area contributed by atoms with Gasteiger partial charge in [0.15, 0.2) is 0 Å². The van der Waals surface area contributed by atoms with Crippen LogP contribution in [0.5, 0.6) is 0 Å². The number of hydrogen-bond donors (Lipinski definition) is 0. The molecule has 6 heteroatoms. The van der Waals surface area contributed by atoms with Gasteiger partial charge in [0.2, 0.25) is 0 Å². The molecule has 1 aliphatic heterocycles. The number of pyridine rings is 1. The molecule has 0 spiro atoms. The summed E-state index contributed by atoms with van der Waals surface area (Å²) in [5, 5.41) is 4.84. The van der Waals surface area contributed by atoms with Crippen LogP contribution in [-0.2, 0) is 6.42 Å². The lowest BCUT2D eigenvalue weighted by atomic mass is 10.0. The van der Waals surface area contributed by atoms with Gasteiger partial charge in [-0.3, -0.25) is 9.78 Å². The number of nitrogens with zero attached hydrogens (tertiary/aromatic N) is 5. The molecule has 0 saturated carbocycles. The van der Waals surface area contributed by atoms with Gasteiger partial charge in [0.25, 0.3) is 5.91 Å². The first-order valence-electron chi connectivity index (χ1n) is 11.4. The van der Waals surface area contributed by atoms with Crippen LogP contribution in [0.3, 0.4) is 0 Å². The van der Waals surface area contributed by atoms with Gasteiger partial charge in [0.1, 0.15) is 5.69 Å². The lowest BCUT2D eigenvalue weighted by Gasteiger charge is -2.36. The average Bonchev–Trinajstić information content (AvgIpc) is 3.35. The lowest BCUT2D eigenvalue weighted by molar-refractivity contribution is 0.0747. The Hall–Kier alpha value is -3.93. The van der Waals surface area contributed by atoms with E-state index in [4.69, 9.17) is 5.10 Å². The molecule has 4 aromatic rings. The Morgan fingerprint density at radius 3 is 2.21 bits per heavy atom. The van der Waals surface area contributed by atoms with Crippen LogP contribution in [0.15, 0.2) is 85.3 Å². The van der Waals surface area contributed by atoms with Crippen molar-refractivity contribution in [2.45, 2.75) is 13.3 Å². The SMILES string of the molecule is CCc1ccc(-c2nn(-c3ccccc3)cc2C(=O)N2CCN(c3ccncc3)CC2)cc1. The molecule has 2 aromatic carbocycles. The molecule has 0 bridgehead atoms. The van der Waals surface area contributed by atoms with Crippen LogP contribution in [0, 0.1) is 0 Å². The average molecular weight is 438 g/mol. The van der Waals surface area contributed by atoms with E-state index in [0.29, 0.717) is 18.7 Å². The Balaban J connectivity index is 1.43. The van der Waals surface area contributed by atoms with Crippen molar-refractivity contribution in [1.82, 2.24) is 19.7 Å². The van der Waals surface area contributed by atoms with Gasteiger partial charge < -0.3 is 9.80 Å². The van der Waals surface area contributed by atoms with E-state index in [-0.39, 0.29) is 5.91 Å². The van der Waals surface area contributed by atoms with E-state index in [0.717, 1.165) is 42.1 Å². The molecule has 0 aliphatic carbocycles. The fourth-order valence-electron chi connectivity index (χ4n) is 4.25. The summed E-state index contributed by atoms with van der Waals surface area (Å²) in [6.07, 6.45) is 6.46. The third-order valence-electron chi connectivity index (χ3n) is 6.20.